The van der Waals surface area contributed by atoms with Crippen LogP contribution in [0, 0.1) is 28.9 Å². The largest absolute Gasteiger partial charge is 0.453 e. The van der Waals surface area contributed by atoms with Gasteiger partial charge >= 0.3 is 10.2 Å². The molecule has 0 radical (unpaired) electrons. The summed E-state index contributed by atoms with van der Waals surface area (Å²) < 4.78 is 80.2. The van der Waals surface area contributed by atoms with Crippen LogP contribution >= 0.6 is 0 Å². The molecular weight excluding hydrogens is 880 g/mol. The molecule has 17 nitrogen and oxygen atoms in total. The minimum absolute atomic E-state index is 0.0163. The molecule has 1 aliphatic carbocycles. The van der Waals surface area contributed by atoms with Gasteiger partial charge in [0.15, 0.2) is 11.6 Å². The van der Waals surface area contributed by atoms with Crippen LogP contribution in [0.1, 0.15) is 55.0 Å². The number of nitrogens with one attached hydrogen (secondary N) is 2. The van der Waals surface area contributed by atoms with Crippen molar-refractivity contribution in [3.63, 3.8) is 0 Å². The number of benzene rings is 3. The fourth-order valence-corrected chi connectivity index (χ4v) is 10.8. The molecular formula is C45H44F3N11O6S. The number of imide groups is 1. The van der Waals surface area contributed by atoms with Crippen molar-refractivity contribution in [1.29, 1.82) is 5.26 Å². The van der Waals surface area contributed by atoms with Gasteiger partial charge in [-0.1, -0.05) is 6.07 Å². The molecule has 4 aliphatic heterocycles. The Morgan fingerprint density at radius 1 is 0.909 bits per heavy atom. The van der Waals surface area contributed by atoms with Gasteiger partial charge in [0, 0.05) is 71.2 Å². The molecule has 5 aromatic rings. The lowest BCUT2D eigenvalue weighted by molar-refractivity contribution is -0.134. The van der Waals surface area contributed by atoms with Crippen molar-refractivity contribution in [3.05, 3.63) is 106 Å². The van der Waals surface area contributed by atoms with E-state index in [1.807, 2.05) is 4.90 Å². The summed E-state index contributed by atoms with van der Waals surface area (Å²) in [7, 11) is -4.25. The summed E-state index contributed by atoms with van der Waals surface area (Å²) in [5.41, 5.74) is 0.310. The minimum Gasteiger partial charge on any atom is -0.453 e. The van der Waals surface area contributed by atoms with E-state index in [9.17, 15) is 32.5 Å². The summed E-state index contributed by atoms with van der Waals surface area (Å²) in [5.74, 6) is -2.05. The minimum atomic E-state index is -4.25. The Labute approximate surface area is 377 Å². The second-order valence-electron chi connectivity index (χ2n) is 17.5. The van der Waals surface area contributed by atoms with E-state index in [1.54, 1.807) is 30.6 Å². The number of halogens is 3. The Hall–Kier alpha value is -6.47. The summed E-state index contributed by atoms with van der Waals surface area (Å²) in [6, 6.07) is 13.0. The van der Waals surface area contributed by atoms with Gasteiger partial charge in [-0.05, 0) is 73.7 Å². The smallest absolute Gasteiger partial charge is 0.301 e. The predicted molar refractivity (Wildman–Crippen MR) is 234 cm³/mol. The first-order valence-electron chi connectivity index (χ1n) is 21.8. The fraction of sp³-hybridized carbons (Fsp3) is 0.400. The van der Waals surface area contributed by atoms with Crippen molar-refractivity contribution in [2.24, 2.45) is 5.92 Å². The highest BCUT2D eigenvalue weighted by molar-refractivity contribution is 7.90. The molecule has 3 aromatic carbocycles. The number of ether oxygens (including phenoxy) is 1. The van der Waals surface area contributed by atoms with Gasteiger partial charge in [0.2, 0.25) is 11.8 Å². The molecule has 6 heterocycles. The highest BCUT2D eigenvalue weighted by Crippen LogP contribution is 2.50. The molecule has 2 amide bonds. The first-order chi connectivity index (χ1) is 31.8. The highest BCUT2D eigenvalue weighted by atomic mass is 32.2. The van der Waals surface area contributed by atoms with Crippen LogP contribution in [0.5, 0.6) is 11.5 Å². The standard InChI is InChI=1S/C45H44F3N11O6S/c46-29-9-12-58(25-29)66(63,64)54-38-6-4-35(47)41(34(38)19-49)65-31-2-5-37-33(18-31)43(62)59(26-52-37)30-20-50-44(51-21-30)45(10-11-45)57-15-13-55(14-16-57)22-27-23-56(24-27)39-7-1-28(17-36(39)48)32-3-8-40(60)53-42(32)61/h1-2,4-7,17-18,20-21,26-27,29,32,54H,3,8-16,22-25H2,(H,53,60,61)/t29-,32?/m1/s1. The number of amides is 2. The Bertz CT molecular complexity index is 2970. The lowest BCUT2D eigenvalue weighted by atomic mass is 9.90. The van der Waals surface area contributed by atoms with Gasteiger partial charge in [-0.25, -0.2) is 28.1 Å². The van der Waals surface area contributed by atoms with Gasteiger partial charge in [0.25, 0.3) is 5.56 Å². The molecule has 1 unspecified atom stereocenters. The highest BCUT2D eigenvalue weighted by Gasteiger charge is 2.52. The number of fused-ring (bicyclic) bond motifs is 1. The zero-order valence-electron chi connectivity index (χ0n) is 35.5. The zero-order valence-corrected chi connectivity index (χ0v) is 36.3. The van der Waals surface area contributed by atoms with Gasteiger partial charge in [-0.2, -0.15) is 18.0 Å². The number of aromatic nitrogens is 4. The fourth-order valence-electron chi connectivity index (χ4n) is 9.53. The van der Waals surface area contributed by atoms with Crippen molar-refractivity contribution in [2.75, 3.05) is 68.5 Å². The van der Waals surface area contributed by atoms with E-state index < -0.39 is 45.0 Å². The van der Waals surface area contributed by atoms with E-state index in [0.29, 0.717) is 40.6 Å². The molecule has 1 saturated carbocycles. The molecule has 5 aliphatic rings. The van der Waals surface area contributed by atoms with Gasteiger partial charge in [0.05, 0.1) is 51.8 Å². The van der Waals surface area contributed by atoms with Gasteiger partial charge in [-0.3, -0.25) is 33.9 Å². The van der Waals surface area contributed by atoms with Crippen molar-refractivity contribution in [1.82, 2.24) is 38.9 Å². The molecule has 21 heteroatoms. The molecule has 0 spiro atoms. The quantitative estimate of drug-likeness (QED) is 0.170. The maximum Gasteiger partial charge on any atom is 0.301 e. The van der Waals surface area contributed by atoms with Crippen molar-refractivity contribution in [2.45, 2.75) is 49.7 Å². The van der Waals surface area contributed by atoms with E-state index in [0.717, 1.165) is 75.1 Å². The van der Waals surface area contributed by atoms with Crippen LogP contribution in [0.2, 0.25) is 0 Å². The summed E-state index contributed by atoms with van der Waals surface area (Å²) in [4.78, 5) is 58.5. The van der Waals surface area contributed by atoms with Crippen LogP contribution in [0.4, 0.5) is 24.5 Å². The number of carbonyl (C=O) groups is 2. The number of anilines is 2. The molecule has 2 N–H and O–H groups in total. The number of nitrogens with zero attached hydrogens (tertiary/aromatic N) is 9. The van der Waals surface area contributed by atoms with Gasteiger partial charge in [0.1, 0.15) is 41.5 Å². The molecule has 2 aromatic heterocycles. The number of piperidine rings is 1. The number of carbonyl (C=O) groups excluding carboxylic acids is 2. The lowest BCUT2D eigenvalue weighted by Crippen LogP contribution is -2.56. The SMILES string of the molecule is N#Cc1c(NS(=O)(=O)N2CC[C@@H](F)C2)ccc(F)c1Oc1ccc2ncn(-c3cnc(C4(N5CCN(CC6CN(c7ccc(C8CCC(=O)NC8=O)cc7F)C6)CC5)CC4)nc3)c(=O)c2c1. The number of hydrogen-bond acceptors (Lipinski definition) is 13. The maximum absolute atomic E-state index is 15.2. The normalized spacial score (nSPS) is 21.6. The predicted octanol–water partition coefficient (Wildman–Crippen LogP) is 4.08. The van der Waals surface area contributed by atoms with Crippen molar-refractivity contribution >= 4 is 44.3 Å². The van der Waals surface area contributed by atoms with E-state index in [1.165, 1.54) is 35.2 Å². The number of rotatable bonds is 12. The molecule has 5 fully saturated rings. The van der Waals surface area contributed by atoms with Crippen LogP contribution < -0.4 is 25.2 Å². The average Bonchev–Trinajstić information content (AvgIpc) is 3.98. The van der Waals surface area contributed by atoms with Crippen molar-refractivity contribution in [3.8, 4) is 23.3 Å². The molecule has 66 heavy (non-hydrogen) atoms. The Balaban J connectivity index is 0.762. The van der Waals surface area contributed by atoms with Gasteiger partial charge < -0.3 is 14.5 Å². The summed E-state index contributed by atoms with van der Waals surface area (Å²) in [5, 5.41) is 12.4. The maximum atomic E-state index is 15.2. The molecule has 2 atom stereocenters. The van der Waals surface area contributed by atoms with Gasteiger partial charge in [-0.15, -0.1) is 0 Å². The van der Waals surface area contributed by atoms with Crippen LogP contribution in [0.15, 0.2) is 72.0 Å². The Morgan fingerprint density at radius 2 is 1.68 bits per heavy atom. The third-order valence-electron chi connectivity index (χ3n) is 13.3. The van der Waals surface area contributed by atoms with Crippen LogP contribution in [-0.4, -0.2) is 119 Å². The number of piperazine rings is 1. The molecule has 10 rings (SSSR count). The monoisotopic (exact) mass is 923 g/mol. The van der Waals surface area contributed by atoms with Crippen molar-refractivity contribution < 1.29 is 35.9 Å². The second-order valence-corrected chi connectivity index (χ2v) is 19.2. The molecule has 4 saturated heterocycles. The number of nitriles is 1. The molecule has 0 bridgehead atoms. The second kappa shape index (κ2) is 17.1. The van der Waals surface area contributed by atoms with E-state index in [4.69, 9.17) is 14.7 Å². The van der Waals surface area contributed by atoms with E-state index >= 15 is 8.78 Å². The van der Waals surface area contributed by atoms with E-state index in [-0.39, 0.29) is 65.9 Å². The Kier molecular flexibility index (Phi) is 11.2. The number of hydrogen-bond donors (Lipinski definition) is 2. The van der Waals surface area contributed by atoms with Crippen LogP contribution in [-0.2, 0) is 25.3 Å². The third kappa shape index (κ3) is 8.22. The summed E-state index contributed by atoms with van der Waals surface area (Å²) in [6.45, 7) is 5.37. The first kappa shape index (κ1) is 43.4. The molecule has 342 valence electrons. The Morgan fingerprint density at radius 3 is 2.36 bits per heavy atom. The summed E-state index contributed by atoms with van der Waals surface area (Å²) >= 11 is 0. The average molecular weight is 924 g/mol. The lowest BCUT2D eigenvalue weighted by Gasteiger charge is -2.45. The third-order valence-corrected chi connectivity index (χ3v) is 14.8. The topological polar surface area (TPSA) is 199 Å². The first-order valence-corrected chi connectivity index (χ1v) is 23.2. The zero-order chi connectivity index (χ0) is 45.9. The number of alkyl halides is 1. The van der Waals surface area contributed by atoms with E-state index in [2.05, 4.69) is 24.8 Å². The van der Waals surface area contributed by atoms with Crippen LogP contribution in [0.25, 0.3) is 16.6 Å². The van der Waals surface area contributed by atoms with Crippen LogP contribution in [0.3, 0.4) is 0 Å². The summed E-state index contributed by atoms with van der Waals surface area (Å²) in [6.07, 6.45) is 5.66.